The van der Waals surface area contributed by atoms with Gasteiger partial charge in [0.05, 0.1) is 7.11 Å². The molecule has 9 nitrogen and oxygen atoms in total. The van der Waals surface area contributed by atoms with Crippen molar-refractivity contribution in [1.29, 1.82) is 0 Å². The third-order valence-electron chi connectivity index (χ3n) is 3.42. The summed E-state index contributed by atoms with van der Waals surface area (Å²) >= 11 is 0. The molecule has 0 amide bonds. The highest BCUT2D eigenvalue weighted by molar-refractivity contribution is 5.86. The molecule has 0 aliphatic heterocycles. The van der Waals surface area contributed by atoms with E-state index < -0.39 is 17.9 Å². The molecule has 0 unspecified atom stereocenters. The molecule has 0 spiro atoms. The van der Waals surface area contributed by atoms with Gasteiger partial charge in [0.25, 0.3) is 0 Å². The number of carbonyl (C=O) groups is 4. The Morgan fingerprint density at radius 1 is 0.719 bits per heavy atom. The summed E-state index contributed by atoms with van der Waals surface area (Å²) in [7, 11) is 1.44. The lowest BCUT2D eigenvalue weighted by atomic mass is 10.2. The van der Waals surface area contributed by atoms with Gasteiger partial charge in [0.15, 0.2) is 11.5 Å². The van der Waals surface area contributed by atoms with Crippen molar-refractivity contribution in [2.75, 3.05) is 7.11 Å². The van der Waals surface area contributed by atoms with Crippen molar-refractivity contribution in [2.45, 2.75) is 13.8 Å². The van der Waals surface area contributed by atoms with Gasteiger partial charge in [-0.15, -0.1) is 0 Å². The average molecular weight is 442 g/mol. The van der Waals surface area contributed by atoms with Gasteiger partial charge in [0.2, 0.25) is 0 Å². The first-order valence-corrected chi connectivity index (χ1v) is 9.07. The van der Waals surface area contributed by atoms with Gasteiger partial charge < -0.3 is 24.4 Å². The van der Waals surface area contributed by atoms with Crippen LogP contribution in [-0.2, 0) is 19.2 Å². The monoisotopic (exact) mass is 442 g/mol. The number of carboxylic acid groups (broad SMARTS) is 2. The second-order valence-electron chi connectivity index (χ2n) is 6.01. The molecule has 32 heavy (non-hydrogen) atoms. The van der Waals surface area contributed by atoms with Crippen LogP contribution in [0.25, 0.3) is 12.2 Å². The Hall–Kier alpha value is -4.40. The normalized spacial score (nSPS) is 10.2. The first kappa shape index (κ1) is 25.6. The van der Waals surface area contributed by atoms with E-state index in [2.05, 4.69) is 0 Å². The SMILES string of the molecule is CC(=O)Oc1ccc(C=CC(=O)O)cc1.COc1cc(C=CC(=O)O)ccc1OC(C)=O. The predicted molar refractivity (Wildman–Crippen MR) is 115 cm³/mol. The predicted octanol–water partition coefficient (Wildman–Crippen LogP) is 3.43. The van der Waals surface area contributed by atoms with Gasteiger partial charge in [-0.05, 0) is 47.5 Å². The molecule has 0 bridgehead atoms. The summed E-state index contributed by atoms with van der Waals surface area (Å²) in [4.78, 5) is 42.0. The molecule has 0 heterocycles. The van der Waals surface area contributed by atoms with Gasteiger partial charge in [-0.1, -0.05) is 18.2 Å². The van der Waals surface area contributed by atoms with Crippen LogP contribution in [-0.4, -0.2) is 41.2 Å². The lowest BCUT2D eigenvalue weighted by Crippen LogP contribution is -2.03. The molecule has 0 fully saturated rings. The highest BCUT2D eigenvalue weighted by Crippen LogP contribution is 2.28. The van der Waals surface area contributed by atoms with Crippen LogP contribution in [0, 0.1) is 0 Å². The third kappa shape index (κ3) is 10.4. The maximum atomic E-state index is 10.8. The molecule has 168 valence electrons. The van der Waals surface area contributed by atoms with E-state index in [1.807, 2.05) is 0 Å². The Bertz CT molecular complexity index is 1020. The maximum Gasteiger partial charge on any atom is 0.328 e. The average Bonchev–Trinajstić information content (AvgIpc) is 2.72. The second kappa shape index (κ2) is 13.0. The van der Waals surface area contributed by atoms with E-state index in [9.17, 15) is 19.2 Å². The summed E-state index contributed by atoms with van der Waals surface area (Å²) in [5.41, 5.74) is 1.37. The van der Waals surface area contributed by atoms with Crippen LogP contribution in [0.5, 0.6) is 17.2 Å². The van der Waals surface area contributed by atoms with Crippen molar-refractivity contribution in [3.8, 4) is 17.2 Å². The molecule has 0 aromatic heterocycles. The molecule has 0 saturated heterocycles. The van der Waals surface area contributed by atoms with Crippen molar-refractivity contribution < 1.29 is 43.6 Å². The van der Waals surface area contributed by atoms with Gasteiger partial charge in [-0.3, -0.25) is 9.59 Å². The number of methoxy groups -OCH3 is 1. The molecular weight excluding hydrogens is 420 g/mol. The minimum Gasteiger partial charge on any atom is -0.493 e. The Balaban J connectivity index is 0.000000323. The van der Waals surface area contributed by atoms with Crippen LogP contribution in [0.15, 0.2) is 54.6 Å². The molecule has 0 aliphatic carbocycles. The van der Waals surface area contributed by atoms with Crippen LogP contribution in [0.4, 0.5) is 0 Å². The zero-order valence-corrected chi connectivity index (χ0v) is 17.6. The van der Waals surface area contributed by atoms with Crippen molar-refractivity contribution >= 4 is 36.0 Å². The maximum absolute atomic E-state index is 10.8. The Morgan fingerprint density at radius 3 is 1.69 bits per heavy atom. The minimum atomic E-state index is -1.03. The van der Waals surface area contributed by atoms with E-state index in [-0.39, 0.29) is 5.97 Å². The van der Waals surface area contributed by atoms with E-state index in [0.29, 0.717) is 22.8 Å². The standard InChI is InChI=1S/C12H12O5.C11H10O4/c1-8(13)17-10-5-3-9(4-6-12(14)15)7-11(10)16-2;1-8(12)15-10-5-2-9(3-6-10)4-7-11(13)14/h3-7H,1-2H3,(H,14,15);2-7H,1H3,(H,13,14). The number of ether oxygens (including phenoxy) is 3. The van der Waals surface area contributed by atoms with E-state index in [1.165, 1.54) is 33.1 Å². The second-order valence-corrected chi connectivity index (χ2v) is 6.01. The van der Waals surface area contributed by atoms with Crippen molar-refractivity contribution in [1.82, 2.24) is 0 Å². The van der Waals surface area contributed by atoms with Gasteiger partial charge in [-0.25, -0.2) is 9.59 Å². The number of carbonyl (C=O) groups excluding carboxylic acids is 2. The molecule has 0 aliphatic rings. The summed E-state index contributed by atoms with van der Waals surface area (Å²) < 4.78 is 14.8. The molecule has 0 radical (unpaired) electrons. The molecule has 2 N–H and O–H groups in total. The Kier molecular flexibility index (Phi) is 10.4. The lowest BCUT2D eigenvalue weighted by Gasteiger charge is -2.08. The fraction of sp³-hybridized carbons (Fsp3) is 0.130. The van der Waals surface area contributed by atoms with E-state index in [4.69, 9.17) is 24.4 Å². The quantitative estimate of drug-likeness (QED) is 0.375. The summed E-state index contributed by atoms with van der Waals surface area (Å²) in [5, 5.41) is 16.9. The van der Waals surface area contributed by atoms with Gasteiger partial charge >= 0.3 is 23.9 Å². The first-order chi connectivity index (χ1) is 15.1. The van der Waals surface area contributed by atoms with Gasteiger partial charge in [0, 0.05) is 26.0 Å². The molecule has 9 heteroatoms. The van der Waals surface area contributed by atoms with E-state index >= 15 is 0 Å². The number of hydrogen-bond donors (Lipinski definition) is 2. The summed E-state index contributed by atoms with van der Waals surface area (Å²) in [6.07, 6.45) is 4.93. The zero-order valence-electron chi connectivity index (χ0n) is 17.6. The molecule has 0 atom stereocenters. The highest BCUT2D eigenvalue weighted by Gasteiger charge is 2.07. The highest BCUT2D eigenvalue weighted by atomic mass is 16.6. The Labute approximate surface area is 184 Å². The largest absolute Gasteiger partial charge is 0.493 e. The summed E-state index contributed by atoms with van der Waals surface area (Å²) in [6.45, 7) is 2.61. The number of esters is 2. The Morgan fingerprint density at radius 2 is 1.22 bits per heavy atom. The number of aliphatic carboxylic acids is 2. The van der Waals surface area contributed by atoms with Gasteiger partial charge in [-0.2, -0.15) is 0 Å². The van der Waals surface area contributed by atoms with E-state index in [1.54, 1.807) is 42.5 Å². The lowest BCUT2D eigenvalue weighted by molar-refractivity contribution is -0.132. The smallest absolute Gasteiger partial charge is 0.328 e. The number of benzene rings is 2. The molecule has 2 rings (SSSR count). The van der Waals surface area contributed by atoms with Crippen LogP contribution >= 0.6 is 0 Å². The summed E-state index contributed by atoms with van der Waals surface area (Å²) in [5.74, 6) is -1.76. The number of rotatable bonds is 7. The zero-order chi connectivity index (χ0) is 24.1. The number of carboxylic acids is 2. The molecule has 0 saturated carbocycles. The first-order valence-electron chi connectivity index (χ1n) is 9.07. The fourth-order valence-corrected chi connectivity index (χ4v) is 2.17. The van der Waals surface area contributed by atoms with E-state index in [0.717, 1.165) is 17.7 Å². The minimum absolute atomic E-state index is 0.299. The van der Waals surface area contributed by atoms with Crippen molar-refractivity contribution in [3.05, 3.63) is 65.7 Å². The fourth-order valence-electron chi connectivity index (χ4n) is 2.17. The molecule has 2 aromatic carbocycles. The number of hydrogen-bond acceptors (Lipinski definition) is 7. The van der Waals surface area contributed by atoms with Crippen molar-refractivity contribution in [2.24, 2.45) is 0 Å². The van der Waals surface area contributed by atoms with Gasteiger partial charge in [0.1, 0.15) is 5.75 Å². The topological polar surface area (TPSA) is 136 Å². The molecule has 2 aromatic rings. The third-order valence-corrected chi connectivity index (χ3v) is 3.42. The van der Waals surface area contributed by atoms with Crippen LogP contribution in [0.1, 0.15) is 25.0 Å². The van der Waals surface area contributed by atoms with Crippen LogP contribution in [0.3, 0.4) is 0 Å². The van der Waals surface area contributed by atoms with Crippen molar-refractivity contribution in [3.63, 3.8) is 0 Å². The molecular formula is C23H22O9. The van der Waals surface area contributed by atoms with Crippen LogP contribution < -0.4 is 14.2 Å². The van der Waals surface area contributed by atoms with Crippen LogP contribution in [0.2, 0.25) is 0 Å². The summed E-state index contributed by atoms with van der Waals surface area (Å²) in [6, 6.07) is 11.3.